The number of aromatic nitrogens is 3. The predicted octanol–water partition coefficient (Wildman–Crippen LogP) is 0.764. The minimum atomic E-state index is 0.117. The van der Waals surface area contributed by atoms with E-state index in [0.29, 0.717) is 5.95 Å². The molecule has 18 heavy (non-hydrogen) atoms. The van der Waals surface area contributed by atoms with Gasteiger partial charge in [-0.25, -0.2) is 4.52 Å². The number of nitrogens with zero attached hydrogens (tertiary/aromatic N) is 4. The summed E-state index contributed by atoms with van der Waals surface area (Å²) in [6, 6.07) is 5.67. The van der Waals surface area contributed by atoms with E-state index in [1.54, 1.807) is 4.52 Å². The van der Waals surface area contributed by atoms with Crippen LogP contribution in [0.4, 0.5) is 5.95 Å². The van der Waals surface area contributed by atoms with E-state index in [1.165, 1.54) is 0 Å². The van der Waals surface area contributed by atoms with Crippen LogP contribution in [0.3, 0.4) is 0 Å². The zero-order valence-electron chi connectivity index (χ0n) is 10.0. The lowest BCUT2D eigenvalue weighted by Gasteiger charge is -2.14. The second kappa shape index (κ2) is 4.64. The van der Waals surface area contributed by atoms with E-state index >= 15 is 0 Å². The van der Waals surface area contributed by atoms with E-state index in [9.17, 15) is 4.79 Å². The van der Waals surface area contributed by atoms with Gasteiger partial charge in [-0.05, 0) is 25.0 Å². The number of rotatable bonds is 3. The fourth-order valence-electron chi connectivity index (χ4n) is 2.14. The van der Waals surface area contributed by atoms with E-state index in [0.717, 1.165) is 31.6 Å². The van der Waals surface area contributed by atoms with Crippen molar-refractivity contribution in [3.63, 3.8) is 0 Å². The summed E-state index contributed by atoms with van der Waals surface area (Å²) in [5.41, 5.74) is 0.772. The standard InChI is InChI=1S/C12H15N5O/c18-11(16-6-3-4-7-16)9-13-12-14-10-5-1-2-8-17(10)15-12/h1-2,5,8H,3-4,6-7,9H2,(H,13,15). The lowest BCUT2D eigenvalue weighted by atomic mass is 10.4. The van der Waals surface area contributed by atoms with Crippen LogP contribution in [0.1, 0.15) is 12.8 Å². The molecule has 94 valence electrons. The third-order valence-electron chi connectivity index (χ3n) is 3.10. The molecule has 1 saturated heterocycles. The first kappa shape index (κ1) is 11.0. The molecule has 2 aromatic rings. The molecule has 3 rings (SSSR count). The Hall–Kier alpha value is -2.11. The maximum atomic E-state index is 11.8. The molecule has 0 bridgehead atoms. The van der Waals surface area contributed by atoms with Crippen molar-refractivity contribution in [2.24, 2.45) is 0 Å². The third kappa shape index (κ3) is 2.13. The number of pyridine rings is 1. The highest BCUT2D eigenvalue weighted by Gasteiger charge is 2.17. The number of fused-ring (bicyclic) bond motifs is 1. The first-order chi connectivity index (χ1) is 8.83. The Morgan fingerprint density at radius 1 is 1.33 bits per heavy atom. The maximum absolute atomic E-state index is 11.8. The van der Waals surface area contributed by atoms with Crippen LogP contribution in [-0.2, 0) is 4.79 Å². The summed E-state index contributed by atoms with van der Waals surface area (Å²) < 4.78 is 1.68. The van der Waals surface area contributed by atoms with E-state index in [1.807, 2.05) is 29.3 Å². The number of nitrogens with one attached hydrogen (secondary N) is 1. The second-order valence-corrected chi connectivity index (χ2v) is 4.38. The van der Waals surface area contributed by atoms with Gasteiger partial charge in [0.05, 0.1) is 6.54 Å². The molecule has 1 aliphatic rings. The monoisotopic (exact) mass is 245 g/mol. The lowest BCUT2D eigenvalue weighted by Crippen LogP contribution is -2.33. The van der Waals surface area contributed by atoms with Gasteiger partial charge in [-0.2, -0.15) is 4.98 Å². The number of carbonyl (C=O) groups is 1. The van der Waals surface area contributed by atoms with Gasteiger partial charge in [-0.1, -0.05) is 6.07 Å². The van der Waals surface area contributed by atoms with Gasteiger partial charge in [0.15, 0.2) is 5.65 Å². The highest BCUT2D eigenvalue weighted by atomic mass is 16.2. The molecule has 3 heterocycles. The summed E-state index contributed by atoms with van der Waals surface area (Å²) in [5.74, 6) is 0.611. The fourth-order valence-corrected chi connectivity index (χ4v) is 2.14. The van der Waals surface area contributed by atoms with Crippen molar-refractivity contribution in [2.75, 3.05) is 25.0 Å². The second-order valence-electron chi connectivity index (χ2n) is 4.38. The Morgan fingerprint density at radius 2 is 2.17 bits per heavy atom. The topological polar surface area (TPSA) is 62.5 Å². The molecular formula is C12H15N5O. The minimum absolute atomic E-state index is 0.117. The lowest BCUT2D eigenvalue weighted by molar-refractivity contribution is -0.128. The molecule has 0 unspecified atom stereocenters. The predicted molar refractivity (Wildman–Crippen MR) is 67.3 cm³/mol. The number of likely N-dealkylation sites (tertiary alicyclic amines) is 1. The first-order valence-corrected chi connectivity index (χ1v) is 6.16. The highest BCUT2D eigenvalue weighted by Crippen LogP contribution is 2.08. The van der Waals surface area contributed by atoms with Gasteiger partial charge in [0, 0.05) is 19.3 Å². The Kier molecular flexibility index (Phi) is 2.84. The van der Waals surface area contributed by atoms with Crippen LogP contribution in [0.5, 0.6) is 0 Å². The molecule has 0 atom stereocenters. The van der Waals surface area contributed by atoms with Gasteiger partial charge >= 0.3 is 0 Å². The normalized spacial score (nSPS) is 15.2. The molecule has 1 aliphatic heterocycles. The van der Waals surface area contributed by atoms with Crippen LogP contribution in [0.15, 0.2) is 24.4 Å². The van der Waals surface area contributed by atoms with Crippen LogP contribution < -0.4 is 5.32 Å². The molecular weight excluding hydrogens is 230 g/mol. The van der Waals surface area contributed by atoms with Gasteiger partial charge in [0.1, 0.15) is 0 Å². The largest absolute Gasteiger partial charge is 0.344 e. The quantitative estimate of drug-likeness (QED) is 0.867. The first-order valence-electron chi connectivity index (χ1n) is 6.16. The number of amides is 1. The molecule has 0 saturated carbocycles. The molecule has 0 spiro atoms. The average Bonchev–Trinajstić information content (AvgIpc) is 3.04. The smallest absolute Gasteiger partial charge is 0.243 e. The Balaban J connectivity index is 1.63. The Labute approximate surface area is 105 Å². The average molecular weight is 245 g/mol. The summed E-state index contributed by atoms with van der Waals surface area (Å²) in [6.45, 7) is 2.01. The van der Waals surface area contributed by atoms with Gasteiger partial charge in [-0.15, -0.1) is 5.10 Å². The fraction of sp³-hybridized carbons (Fsp3) is 0.417. The SMILES string of the molecule is O=C(CNc1nc2ccccn2n1)N1CCCC1. The Morgan fingerprint density at radius 3 is 2.94 bits per heavy atom. The zero-order valence-corrected chi connectivity index (χ0v) is 10.0. The van der Waals surface area contributed by atoms with E-state index in [-0.39, 0.29) is 12.5 Å². The molecule has 2 aromatic heterocycles. The molecule has 1 amide bonds. The summed E-state index contributed by atoms with van der Waals surface area (Å²) >= 11 is 0. The third-order valence-corrected chi connectivity index (χ3v) is 3.10. The molecule has 0 radical (unpaired) electrons. The molecule has 0 aromatic carbocycles. The van der Waals surface area contributed by atoms with Crippen molar-refractivity contribution in [3.05, 3.63) is 24.4 Å². The number of hydrogen-bond acceptors (Lipinski definition) is 4. The summed E-state index contributed by atoms with van der Waals surface area (Å²) in [4.78, 5) is 18.0. The van der Waals surface area contributed by atoms with E-state index in [2.05, 4.69) is 15.4 Å². The highest BCUT2D eigenvalue weighted by molar-refractivity contribution is 5.80. The van der Waals surface area contributed by atoms with Crippen molar-refractivity contribution < 1.29 is 4.79 Å². The maximum Gasteiger partial charge on any atom is 0.243 e. The number of hydrogen-bond donors (Lipinski definition) is 1. The van der Waals surface area contributed by atoms with Gasteiger partial charge in [0.2, 0.25) is 11.9 Å². The van der Waals surface area contributed by atoms with E-state index in [4.69, 9.17) is 0 Å². The molecule has 1 fully saturated rings. The number of anilines is 1. The van der Waals surface area contributed by atoms with Gasteiger partial charge < -0.3 is 10.2 Å². The van der Waals surface area contributed by atoms with Crippen LogP contribution in [0.25, 0.3) is 5.65 Å². The van der Waals surface area contributed by atoms with Crippen LogP contribution >= 0.6 is 0 Å². The zero-order chi connectivity index (χ0) is 12.4. The van der Waals surface area contributed by atoms with Crippen molar-refractivity contribution in [1.82, 2.24) is 19.5 Å². The minimum Gasteiger partial charge on any atom is -0.344 e. The van der Waals surface area contributed by atoms with Crippen LogP contribution in [0.2, 0.25) is 0 Å². The summed E-state index contributed by atoms with van der Waals surface area (Å²) in [7, 11) is 0. The summed E-state index contributed by atoms with van der Waals surface area (Å²) in [6.07, 6.45) is 4.05. The van der Waals surface area contributed by atoms with E-state index < -0.39 is 0 Å². The van der Waals surface area contributed by atoms with Crippen LogP contribution in [0, 0.1) is 0 Å². The van der Waals surface area contributed by atoms with Gasteiger partial charge in [0.25, 0.3) is 0 Å². The molecule has 6 heteroatoms. The van der Waals surface area contributed by atoms with Crippen molar-refractivity contribution in [3.8, 4) is 0 Å². The van der Waals surface area contributed by atoms with Crippen LogP contribution in [-0.4, -0.2) is 45.0 Å². The number of carbonyl (C=O) groups excluding carboxylic acids is 1. The van der Waals surface area contributed by atoms with Gasteiger partial charge in [-0.3, -0.25) is 4.79 Å². The summed E-state index contributed by atoms with van der Waals surface area (Å²) in [5, 5.41) is 7.21. The van der Waals surface area contributed by atoms with Crippen molar-refractivity contribution in [1.29, 1.82) is 0 Å². The molecule has 1 N–H and O–H groups in total. The van der Waals surface area contributed by atoms with Crippen molar-refractivity contribution in [2.45, 2.75) is 12.8 Å². The molecule has 6 nitrogen and oxygen atoms in total. The van der Waals surface area contributed by atoms with Crippen molar-refractivity contribution >= 4 is 17.5 Å². The molecule has 0 aliphatic carbocycles. The Bertz CT molecular complexity index is 525.